The molecule has 158 valence electrons. The van der Waals surface area contributed by atoms with Gasteiger partial charge < -0.3 is 14.5 Å². The van der Waals surface area contributed by atoms with Gasteiger partial charge in [0.15, 0.2) is 0 Å². The van der Waals surface area contributed by atoms with E-state index < -0.39 is 15.9 Å². The van der Waals surface area contributed by atoms with Crippen LogP contribution in [0.3, 0.4) is 0 Å². The molecular weight excluding hydrogens is 406 g/mol. The Hall–Kier alpha value is -3.07. The maximum absolute atomic E-state index is 12.8. The molecule has 0 radical (unpaired) electrons. The quantitative estimate of drug-likeness (QED) is 0.736. The summed E-state index contributed by atoms with van der Waals surface area (Å²) in [6.07, 6.45) is -0.0124. The molecule has 8 nitrogen and oxygen atoms in total. The van der Waals surface area contributed by atoms with Crippen LogP contribution in [0.2, 0.25) is 0 Å². The highest BCUT2D eigenvalue weighted by Crippen LogP contribution is 2.26. The van der Waals surface area contributed by atoms with Gasteiger partial charge in [0.25, 0.3) is 5.91 Å². The first-order valence-electron chi connectivity index (χ1n) is 9.73. The minimum Gasteiger partial charge on any atom is -0.497 e. The summed E-state index contributed by atoms with van der Waals surface area (Å²) in [6.45, 7) is 2.62. The van der Waals surface area contributed by atoms with Crippen molar-refractivity contribution in [1.82, 2.24) is 4.90 Å². The van der Waals surface area contributed by atoms with E-state index in [0.29, 0.717) is 18.7 Å². The van der Waals surface area contributed by atoms with Crippen molar-refractivity contribution in [2.45, 2.75) is 6.42 Å². The molecule has 30 heavy (non-hydrogen) atoms. The van der Waals surface area contributed by atoms with Crippen LogP contribution in [0.15, 0.2) is 48.5 Å². The van der Waals surface area contributed by atoms with E-state index in [1.807, 2.05) is 24.3 Å². The van der Waals surface area contributed by atoms with Gasteiger partial charge in [-0.2, -0.15) is 0 Å². The van der Waals surface area contributed by atoms with Crippen LogP contribution in [0.1, 0.15) is 16.8 Å². The highest BCUT2D eigenvalue weighted by molar-refractivity contribution is 7.94. The van der Waals surface area contributed by atoms with E-state index in [-0.39, 0.29) is 23.8 Å². The molecule has 2 aliphatic rings. The summed E-state index contributed by atoms with van der Waals surface area (Å²) < 4.78 is 30.1. The number of nitrogens with zero attached hydrogens (tertiary/aromatic N) is 3. The number of rotatable bonds is 4. The number of hydrogen-bond donors (Lipinski definition) is 0. The minimum absolute atomic E-state index is 0.0124. The maximum atomic E-state index is 12.8. The van der Waals surface area contributed by atoms with Crippen molar-refractivity contribution in [2.24, 2.45) is 0 Å². The molecule has 2 fully saturated rings. The van der Waals surface area contributed by atoms with Crippen LogP contribution in [-0.4, -0.2) is 64.2 Å². The van der Waals surface area contributed by atoms with Gasteiger partial charge in [0.1, 0.15) is 5.75 Å². The van der Waals surface area contributed by atoms with Crippen molar-refractivity contribution < 1.29 is 22.7 Å². The number of anilines is 2. The Bertz CT molecular complexity index is 1040. The molecule has 0 atom stereocenters. The Labute approximate surface area is 175 Å². The lowest BCUT2D eigenvalue weighted by atomic mass is 10.1. The average Bonchev–Trinajstić information content (AvgIpc) is 3.05. The molecule has 2 aromatic carbocycles. The van der Waals surface area contributed by atoms with E-state index in [1.165, 1.54) is 12.1 Å². The summed E-state index contributed by atoms with van der Waals surface area (Å²) >= 11 is 0. The topological polar surface area (TPSA) is 87.2 Å². The first-order chi connectivity index (χ1) is 14.4. The summed E-state index contributed by atoms with van der Waals surface area (Å²) in [6, 6.07) is 14.0. The Kier molecular flexibility index (Phi) is 5.38. The van der Waals surface area contributed by atoms with Crippen LogP contribution >= 0.6 is 0 Å². The number of carbonyl (C=O) groups is 2. The monoisotopic (exact) mass is 429 g/mol. The first-order valence-corrected chi connectivity index (χ1v) is 11.3. The number of methoxy groups -OCH3 is 1. The van der Waals surface area contributed by atoms with Crippen molar-refractivity contribution >= 4 is 33.2 Å². The lowest BCUT2D eigenvalue weighted by Gasteiger charge is -2.36. The van der Waals surface area contributed by atoms with Crippen LogP contribution in [0.25, 0.3) is 0 Å². The molecule has 2 saturated heterocycles. The van der Waals surface area contributed by atoms with Crippen LogP contribution in [-0.2, 0) is 14.8 Å². The summed E-state index contributed by atoms with van der Waals surface area (Å²) in [5, 5.41) is 0. The first kappa shape index (κ1) is 20.2. The zero-order valence-corrected chi connectivity index (χ0v) is 17.5. The zero-order chi connectivity index (χ0) is 21.3. The highest BCUT2D eigenvalue weighted by atomic mass is 32.2. The molecular formula is C21H23N3O5S. The molecule has 0 aromatic heterocycles. The van der Waals surface area contributed by atoms with Crippen molar-refractivity contribution in [2.75, 3.05) is 48.2 Å². The third-order valence-electron chi connectivity index (χ3n) is 5.43. The van der Waals surface area contributed by atoms with E-state index in [9.17, 15) is 18.0 Å². The predicted octanol–water partition coefficient (Wildman–Crippen LogP) is 1.72. The summed E-state index contributed by atoms with van der Waals surface area (Å²) in [5.74, 6) is 0.0834. The Morgan fingerprint density at radius 2 is 1.50 bits per heavy atom. The molecule has 0 N–H and O–H groups in total. The second kappa shape index (κ2) is 7.98. The Morgan fingerprint density at radius 1 is 0.900 bits per heavy atom. The summed E-state index contributed by atoms with van der Waals surface area (Å²) in [5.41, 5.74) is 1.84. The largest absolute Gasteiger partial charge is 0.497 e. The Morgan fingerprint density at radius 3 is 2.03 bits per heavy atom. The van der Waals surface area contributed by atoms with Gasteiger partial charge in [0, 0.05) is 43.9 Å². The molecule has 0 aliphatic carbocycles. The third-order valence-corrected chi connectivity index (χ3v) is 7.12. The number of amides is 2. The number of carbonyl (C=O) groups excluding carboxylic acids is 2. The second-order valence-electron chi connectivity index (χ2n) is 7.25. The second-order valence-corrected chi connectivity index (χ2v) is 9.19. The Balaban J connectivity index is 1.40. The number of hydrogen-bond acceptors (Lipinski definition) is 6. The van der Waals surface area contributed by atoms with Gasteiger partial charge in [0.05, 0.1) is 18.6 Å². The number of piperazine rings is 1. The van der Waals surface area contributed by atoms with Crippen molar-refractivity contribution in [3.8, 4) is 5.75 Å². The smallest absolute Gasteiger partial charge is 0.253 e. The molecule has 2 aromatic rings. The van der Waals surface area contributed by atoms with Gasteiger partial charge in [-0.25, -0.2) is 12.7 Å². The maximum Gasteiger partial charge on any atom is 0.253 e. The highest BCUT2D eigenvalue weighted by Gasteiger charge is 2.36. The molecule has 2 amide bonds. The normalized spacial score (nSPS) is 18.6. The SMILES string of the molecule is COc1ccc(N2CCN(C(=O)c3ccc(N4C(=O)CCS4(=O)=O)cc3)CC2)cc1. The van der Waals surface area contributed by atoms with E-state index >= 15 is 0 Å². The molecule has 0 bridgehead atoms. The standard InChI is InChI=1S/C21H23N3O5S/c1-29-19-8-6-17(7-9-19)22-11-13-23(14-12-22)21(26)16-2-4-18(5-3-16)24-20(25)10-15-30(24,27)28/h2-9H,10-15H2,1H3. The van der Waals surface area contributed by atoms with Crippen LogP contribution in [0, 0.1) is 0 Å². The van der Waals surface area contributed by atoms with Gasteiger partial charge in [-0.3, -0.25) is 9.59 Å². The van der Waals surface area contributed by atoms with Gasteiger partial charge in [0.2, 0.25) is 15.9 Å². The summed E-state index contributed by atoms with van der Waals surface area (Å²) in [7, 11) is -1.97. The van der Waals surface area contributed by atoms with Gasteiger partial charge in [-0.05, 0) is 48.5 Å². The molecule has 9 heteroatoms. The number of ether oxygens (including phenoxy) is 1. The van der Waals surface area contributed by atoms with E-state index in [1.54, 1.807) is 24.1 Å². The van der Waals surface area contributed by atoms with Gasteiger partial charge in [-0.1, -0.05) is 0 Å². The third kappa shape index (κ3) is 3.85. The predicted molar refractivity (Wildman–Crippen MR) is 113 cm³/mol. The number of sulfonamides is 1. The van der Waals surface area contributed by atoms with Crippen molar-refractivity contribution in [1.29, 1.82) is 0 Å². The van der Waals surface area contributed by atoms with Crippen LogP contribution in [0.4, 0.5) is 11.4 Å². The fourth-order valence-electron chi connectivity index (χ4n) is 3.75. The van der Waals surface area contributed by atoms with Crippen molar-refractivity contribution in [3.05, 3.63) is 54.1 Å². The molecule has 4 rings (SSSR count). The molecule has 0 spiro atoms. The fraction of sp³-hybridized carbons (Fsp3) is 0.333. The van der Waals surface area contributed by atoms with E-state index in [0.717, 1.165) is 28.8 Å². The molecule has 0 unspecified atom stereocenters. The van der Waals surface area contributed by atoms with Gasteiger partial charge >= 0.3 is 0 Å². The minimum atomic E-state index is -3.60. The summed E-state index contributed by atoms with van der Waals surface area (Å²) in [4.78, 5) is 28.7. The average molecular weight is 429 g/mol. The molecule has 0 saturated carbocycles. The lowest BCUT2D eigenvalue weighted by molar-refractivity contribution is -0.116. The zero-order valence-electron chi connectivity index (χ0n) is 16.7. The lowest BCUT2D eigenvalue weighted by Crippen LogP contribution is -2.48. The van der Waals surface area contributed by atoms with Crippen molar-refractivity contribution in [3.63, 3.8) is 0 Å². The van der Waals surface area contributed by atoms with Crippen LogP contribution < -0.4 is 13.9 Å². The molecule has 2 heterocycles. The van der Waals surface area contributed by atoms with E-state index in [4.69, 9.17) is 4.74 Å². The number of benzene rings is 2. The fourth-order valence-corrected chi connectivity index (χ4v) is 5.21. The van der Waals surface area contributed by atoms with Crippen LogP contribution in [0.5, 0.6) is 5.75 Å². The van der Waals surface area contributed by atoms with E-state index in [2.05, 4.69) is 4.90 Å². The van der Waals surface area contributed by atoms with Gasteiger partial charge in [-0.15, -0.1) is 0 Å². The molecule has 2 aliphatic heterocycles.